The van der Waals surface area contributed by atoms with Gasteiger partial charge in [-0.05, 0) is 68.6 Å². The molecule has 50 heavy (non-hydrogen) atoms. The predicted octanol–water partition coefficient (Wildman–Crippen LogP) is 3.08. The number of likely N-dealkylation sites (tertiary alicyclic amines) is 1. The highest BCUT2D eigenvalue weighted by atomic mass is 16.2. The Balaban J connectivity index is 1.57. The number of ketones is 1. The highest BCUT2D eigenvalue weighted by Gasteiger charge is 2.52. The zero-order valence-corrected chi connectivity index (χ0v) is 30.6. The van der Waals surface area contributed by atoms with Crippen LogP contribution in [0.2, 0.25) is 0 Å². The van der Waals surface area contributed by atoms with Gasteiger partial charge in [0.05, 0.1) is 12.2 Å². The summed E-state index contributed by atoms with van der Waals surface area (Å²) < 4.78 is 0. The molecule has 0 bridgehead atoms. The number of hydrogen-bond acceptors (Lipinski definition) is 8. The zero-order valence-electron chi connectivity index (χ0n) is 30.6. The van der Waals surface area contributed by atoms with E-state index in [1.165, 1.54) is 18.6 Å². The molecule has 0 aromatic carbocycles. The lowest BCUT2D eigenvalue weighted by Crippen LogP contribution is -2.62. The highest BCUT2D eigenvalue weighted by molar-refractivity contribution is 6.38. The number of fused-ring (bicyclic) bond motifs is 1. The van der Waals surface area contributed by atoms with Gasteiger partial charge in [-0.1, -0.05) is 66.7 Å². The molecule has 3 fully saturated rings. The monoisotopic (exact) mass is 695 g/mol. The van der Waals surface area contributed by atoms with E-state index in [4.69, 9.17) is 0 Å². The molecular formula is C37H57N7O6. The number of amides is 5. The first-order valence-corrected chi connectivity index (χ1v) is 18.6. The first-order chi connectivity index (χ1) is 23.8. The number of carbonyl (C=O) groups excluding carboxylic acids is 6. The van der Waals surface area contributed by atoms with Crippen molar-refractivity contribution in [1.82, 2.24) is 36.1 Å². The summed E-state index contributed by atoms with van der Waals surface area (Å²) in [6.45, 7) is 11.5. The van der Waals surface area contributed by atoms with Crippen molar-refractivity contribution in [3.05, 3.63) is 24.3 Å². The molecule has 2 heterocycles. The number of nitrogens with one attached hydrogen (secondary N) is 4. The smallest absolute Gasteiger partial charge is 0.289 e. The second-order valence-electron chi connectivity index (χ2n) is 15.5. The van der Waals surface area contributed by atoms with Crippen LogP contribution in [-0.2, 0) is 24.0 Å². The van der Waals surface area contributed by atoms with Crippen molar-refractivity contribution in [2.75, 3.05) is 6.54 Å². The quantitative estimate of drug-likeness (QED) is 0.215. The van der Waals surface area contributed by atoms with E-state index in [0.29, 0.717) is 19.4 Å². The Bertz CT molecular complexity index is 1380. The van der Waals surface area contributed by atoms with Gasteiger partial charge in [0.1, 0.15) is 23.8 Å². The van der Waals surface area contributed by atoms with Gasteiger partial charge in [-0.15, -0.1) is 0 Å². The topological polar surface area (TPSA) is 180 Å². The van der Waals surface area contributed by atoms with E-state index in [0.717, 1.165) is 51.4 Å². The maximum Gasteiger partial charge on any atom is 0.289 e. The molecule has 13 nitrogen and oxygen atoms in total. The molecule has 13 heteroatoms. The molecule has 2 saturated carbocycles. The summed E-state index contributed by atoms with van der Waals surface area (Å²) in [5.74, 6) is -3.33. The van der Waals surface area contributed by atoms with E-state index in [2.05, 4.69) is 31.2 Å². The Hall–Kier alpha value is -3.90. The predicted molar refractivity (Wildman–Crippen MR) is 187 cm³/mol. The van der Waals surface area contributed by atoms with Crippen molar-refractivity contribution in [1.29, 1.82) is 0 Å². The summed E-state index contributed by atoms with van der Waals surface area (Å²) in [6.07, 6.45) is 12.8. The second-order valence-corrected chi connectivity index (χ2v) is 15.5. The molecule has 5 amide bonds. The first kappa shape index (κ1) is 38.9. The van der Waals surface area contributed by atoms with Gasteiger partial charge in [-0.3, -0.25) is 33.8 Å². The third-order valence-electron chi connectivity index (χ3n) is 10.8. The Morgan fingerprint density at radius 2 is 1.62 bits per heavy atom. The third-order valence-corrected chi connectivity index (χ3v) is 10.8. The number of hydrogen-bond donors (Lipinski definition) is 4. The van der Waals surface area contributed by atoms with Crippen molar-refractivity contribution in [2.24, 2.45) is 23.2 Å². The molecule has 1 saturated heterocycles. The molecule has 276 valence electrons. The Kier molecular flexibility index (Phi) is 13.5. The second kappa shape index (κ2) is 17.4. The highest BCUT2D eigenvalue weighted by Crippen LogP contribution is 2.43. The van der Waals surface area contributed by atoms with Crippen molar-refractivity contribution in [3.63, 3.8) is 0 Å². The van der Waals surface area contributed by atoms with E-state index in [1.54, 1.807) is 4.90 Å². The standard InChI is InChI=1S/C37H57N7O6/c1-7-13-26(30(45)35(49)40-22(3)8-2)41-34(48)29-25-17-12-16-24(25)21-44(29)36(50)31(37(4,5)6)43-33(47)28(23-14-10-9-11-15-23)42-32(46)27-20-38-18-19-39-27/h18-20,22-26,28-29,31H,7-17,21H2,1-6H3,(H,40,49)(H,41,48)(H,42,46)(H,43,47)/t22-,24?,25?,26-,28-,29-,31+/m0/s1. The summed E-state index contributed by atoms with van der Waals surface area (Å²) in [5, 5.41) is 11.5. The molecule has 3 aliphatic rings. The normalized spacial score (nSPS) is 23.2. The van der Waals surface area contributed by atoms with E-state index in [-0.39, 0.29) is 41.8 Å². The Morgan fingerprint density at radius 1 is 0.900 bits per heavy atom. The maximum absolute atomic E-state index is 14.6. The minimum absolute atomic E-state index is 0.0946. The largest absolute Gasteiger partial charge is 0.347 e. The van der Waals surface area contributed by atoms with Crippen molar-refractivity contribution >= 4 is 35.3 Å². The molecule has 4 rings (SSSR count). The molecule has 1 aromatic heterocycles. The van der Waals surface area contributed by atoms with Crippen LogP contribution < -0.4 is 21.3 Å². The fraction of sp³-hybridized carbons (Fsp3) is 0.730. The fourth-order valence-corrected chi connectivity index (χ4v) is 7.78. The molecule has 2 aliphatic carbocycles. The van der Waals surface area contributed by atoms with E-state index in [9.17, 15) is 28.8 Å². The van der Waals surface area contributed by atoms with Gasteiger partial charge in [0.2, 0.25) is 23.5 Å². The van der Waals surface area contributed by atoms with Gasteiger partial charge in [-0.2, -0.15) is 0 Å². The van der Waals surface area contributed by atoms with Gasteiger partial charge in [0, 0.05) is 25.0 Å². The van der Waals surface area contributed by atoms with Crippen LogP contribution in [0.15, 0.2) is 18.6 Å². The van der Waals surface area contributed by atoms with Crippen LogP contribution in [0.3, 0.4) is 0 Å². The van der Waals surface area contributed by atoms with Crippen molar-refractivity contribution < 1.29 is 28.8 Å². The Labute approximate surface area is 296 Å². The summed E-state index contributed by atoms with van der Waals surface area (Å²) >= 11 is 0. The summed E-state index contributed by atoms with van der Waals surface area (Å²) in [7, 11) is 0. The molecule has 4 N–H and O–H groups in total. The Morgan fingerprint density at radius 3 is 2.24 bits per heavy atom. The van der Waals surface area contributed by atoms with Gasteiger partial charge in [0.15, 0.2) is 0 Å². The van der Waals surface area contributed by atoms with E-state index in [1.807, 2.05) is 41.5 Å². The lowest BCUT2D eigenvalue weighted by molar-refractivity contribution is -0.146. The van der Waals surface area contributed by atoms with Crippen LogP contribution in [0, 0.1) is 23.2 Å². The maximum atomic E-state index is 14.6. The minimum atomic E-state index is -1.01. The lowest BCUT2D eigenvalue weighted by Gasteiger charge is -2.38. The first-order valence-electron chi connectivity index (χ1n) is 18.6. The minimum Gasteiger partial charge on any atom is -0.347 e. The number of Topliss-reactive ketones (excluding diaryl/α,β-unsaturated/α-hetero) is 1. The number of nitrogens with zero attached hydrogens (tertiary/aromatic N) is 3. The van der Waals surface area contributed by atoms with E-state index < -0.39 is 59.0 Å². The van der Waals surface area contributed by atoms with Crippen LogP contribution in [0.1, 0.15) is 123 Å². The van der Waals surface area contributed by atoms with Crippen LogP contribution in [0.25, 0.3) is 0 Å². The van der Waals surface area contributed by atoms with Crippen LogP contribution in [0.4, 0.5) is 0 Å². The fourth-order valence-electron chi connectivity index (χ4n) is 7.78. The van der Waals surface area contributed by atoms with Gasteiger partial charge >= 0.3 is 0 Å². The van der Waals surface area contributed by atoms with Gasteiger partial charge < -0.3 is 26.2 Å². The van der Waals surface area contributed by atoms with E-state index >= 15 is 0 Å². The number of rotatable bonds is 14. The molecule has 0 spiro atoms. The van der Waals surface area contributed by atoms with Crippen molar-refractivity contribution in [3.8, 4) is 0 Å². The summed E-state index contributed by atoms with van der Waals surface area (Å²) in [6, 6.07) is -3.93. The zero-order chi connectivity index (χ0) is 36.6. The van der Waals surface area contributed by atoms with Gasteiger partial charge in [0.25, 0.3) is 11.8 Å². The molecule has 2 unspecified atom stereocenters. The van der Waals surface area contributed by atoms with Gasteiger partial charge in [-0.25, -0.2) is 4.98 Å². The SMILES string of the molecule is CCC[C@H](NC(=O)[C@@H]1C2CCCC2CN1C(=O)[C@@H](NC(=O)[C@@H](NC(=O)c1cnccn1)C1CCCCC1)C(C)(C)C)C(=O)C(=O)N[C@@H](C)CC. The summed E-state index contributed by atoms with van der Waals surface area (Å²) in [5.41, 5.74) is -0.647. The van der Waals surface area contributed by atoms with Crippen LogP contribution >= 0.6 is 0 Å². The summed E-state index contributed by atoms with van der Waals surface area (Å²) in [4.78, 5) is 91.7. The lowest BCUT2D eigenvalue weighted by atomic mass is 9.82. The number of carbonyl (C=O) groups is 6. The average molecular weight is 696 g/mol. The average Bonchev–Trinajstić information content (AvgIpc) is 3.70. The molecule has 1 aromatic rings. The molecule has 0 radical (unpaired) electrons. The molecular weight excluding hydrogens is 638 g/mol. The molecule has 7 atom stereocenters. The third kappa shape index (κ3) is 9.45. The van der Waals surface area contributed by atoms with Crippen LogP contribution in [0.5, 0.6) is 0 Å². The molecule has 1 aliphatic heterocycles. The number of aromatic nitrogens is 2. The van der Waals surface area contributed by atoms with Crippen molar-refractivity contribution in [2.45, 2.75) is 142 Å². The van der Waals surface area contributed by atoms with Crippen LogP contribution in [-0.4, -0.2) is 86.9 Å².